The fourth-order valence-electron chi connectivity index (χ4n) is 3.17. The van der Waals surface area contributed by atoms with Crippen LogP contribution in [0.2, 0.25) is 0 Å². The van der Waals surface area contributed by atoms with E-state index in [1.807, 2.05) is 30.3 Å². The van der Waals surface area contributed by atoms with Gasteiger partial charge in [0, 0.05) is 29.7 Å². The lowest BCUT2D eigenvalue weighted by molar-refractivity contribution is -0.143. The molecular weight excluding hydrogens is 416 g/mol. The molecule has 0 saturated carbocycles. The second-order valence-corrected chi connectivity index (χ2v) is 7.96. The highest BCUT2D eigenvalue weighted by atomic mass is 32.2. The summed E-state index contributed by atoms with van der Waals surface area (Å²) in [7, 11) is 0. The maximum Gasteiger partial charge on any atom is 0.416 e. The van der Waals surface area contributed by atoms with E-state index in [4.69, 9.17) is 0 Å². The molecule has 0 bridgehead atoms. The van der Waals surface area contributed by atoms with Crippen molar-refractivity contribution in [3.63, 3.8) is 0 Å². The maximum atomic E-state index is 13.1. The Labute approximate surface area is 167 Å². The second kappa shape index (κ2) is 8.30. The summed E-state index contributed by atoms with van der Waals surface area (Å²) in [6.07, 6.45) is -9.40. The van der Waals surface area contributed by atoms with Crippen molar-refractivity contribution in [1.29, 1.82) is 0 Å². The molecule has 1 amide bonds. The molecule has 29 heavy (non-hydrogen) atoms. The van der Waals surface area contributed by atoms with Gasteiger partial charge in [0.2, 0.25) is 0 Å². The lowest BCUT2D eigenvalue weighted by Gasteiger charge is -2.22. The Bertz CT molecular complexity index is 833. The van der Waals surface area contributed by atoms with Gasteiger partial charge in [-0.3, -0.25) is 4.79 Å². The van der Waals surface area contributed by atoms with Crippen molar-refractivity contribution in [3.05, 3.63) is 70.8 Å². The number of amides is 1. The lowest BCUT2D eigenvalue weighted by atomic mass is 10.0. The predicted molar refractivity (Wildman–Crippen MR) is 98.6 cm³/mol. The summed E-state index contributed by atoms with van der Waals surface area (Å²) >= 11 is 1.61. The molecule has 9 heteroatoms. The topological polar surface area (TPSA) is 20.3 Å². The smallest absolute Gasteiger partial charge is 0.338 e. The molecule has 0 aliphatic carbocycles. The van der Waals surface area contributed by atoms with Crippen LogP contribution in [0.5, 0.6) is 0 Å². The minimum Gasteiger partial charge on any atom is -0.338 e. The largest absolute Gasteiger partial charge is 0.416 e. The number of halogens is 6. The zero-order chi connectivity index (χ0) is 21.2. The van der Waals surface area contributed by atoms with Gasteiger partial charge in [-0.1, -0.05) is 30.3 Å². The van der Waals surface area contributed by atoms with Crippen LogP contribution in [0.25, 0.3) is 0 Å². The van der Waals surface area contributed by atoms with Gasteiger partial charge in [0.05, 0.1) is 11.1 Å². The van der Waals surface area contributed by atoms with Gasteiger partial charge in [0.15, 0.2) is 0 Å². The summed E-state index contributed by atoms with van der Waals surface area (Å²) < 4.78 is 78.3. The number of benzene rings is 2. The van der Waals surface area contributed by atoms with Crippen LogP contribution in [-0.4, -0.2) is 29.6 Å². The molecule has 0 N–H and O–H groups in total. The number of thioether (sulfide) groups is 1. The van der Waals surface area contributed by atoms with Gasteiger partial charge in [-0.05, 0) is 30.2 Å². The van der Waals surface area contributed by atoms with Crippen LogP contribution in [0.15, 0.2) is 48.5 Å². The SMILES string of the molecule is O=C(c1cc(C(F)(F)F)cc(C(F)(F)F)c1)N1CCSC(c2ccccc2)CC1. The number of hydrogen-bond donors (Lipinski definition) is 0. The van der Waals surface area contributed by atoms with Gasteiger partial charge >= 0.3 is 12.4 Å². The van der Waals surface area contributed by atoms with E-state index in [0.717, 1.165) is 5.56 Å². The van der Waals surface area contributed by atoms with Crippen molar-refractivity contribution < 1.29 is 31.1 Å². The minimum absolute atomic E-state index is 0.0283. The Morgan fingerprint density at radius 2 is 1.48 bits per heavy atom. The van der Waals surface area contributed by atoms with E-state index >= 15 is 0 Å². The fourth-order valence-corrected chi connectivity index (χ4v) is 4.40. The molecule has 2 aromatic carbocycles. The van der Waals surface area contributed by atoms with Crippen LogP contribution in [0.1, 0.15) is 38.7 Å². The van der Waals surface area contributed by atoms with E-state index in [0.29, 0.717) is 24.3 Å². The summed E-state index contributed by atoms with van der Waals surface area (Å²) in [6, 6.07) is 10.6. The molecule has 1 atom stereocenters. The van der Waals surface area contributed by atoms with Crippen molar-refractivity contribution in [2.45, 2.75) is 24.0 Å². The van der Waals surface area contributed by atoms with Gasteiger partial charge in [-0.25, -0.2) is 0 Å². The van der Waals surface area contributed by atoms with E-state index in [1.165, 1.54) is 4.90 Å². The van der Waals surface area contributed by atoms with E-state index in [2.05, 4.69) is 0 Å². The summed E-state index contributed by atoms with van der Waals surface area (Å²) in [5, 5.41) is 0.112. The van der Waals surface area contributed by atoms with Gasteiger partial charge < -0.3 is 4.90 Å². The van der Waals surface area contributed by atoms with Crippen molar-refractivity contribution >= 4 is 17.7 Å². The number of rotatable bonds is 2. The summed E-state index contributed by atoms with van der Waals surface area (Å²) in [4.78, 5) is 14.1. The molecule has 2 aromatic rings. The van der Waals surface area contributed by atoms with Crippen LogP contribution in [0.4, 0.5) is 26.3 Å². The number of nitrogens with zero attached hydrogens (tertiary/aromatic N) is 1. The third kappa shape index (κ3) is 5.26. The molecule has 1 heterocycles. The number of hydrogen-bond acceptors (Lipinski definition) is 2. The molecule has 1 aliphatic rings. The number of alkyl halides is 6. The van der Waals surface area contributed by atoms with Crippen LogP contribution in [0.3, 0.4) is 0 Å². The Morgan fingerprint density at radius 1 is 0.897 bits per heavy atom. The van der Waals surface area contributed by atoms with Crippen molar-refractivity contribution in [2.24, 2.45) is 0 Å². The molecule has 1 saturated heterocycles. The molecule has 1 aliphatic heterocycles. The van der Waals surface area contributed by atoms with E-state index in [9.17, 15) is 31.1 Å². The fraction of sp³-hybridized carbons (Fsp3) is 0.350. The Morgan fingerprint density at radius 3 is 2.03 bits per heavy atom. The first-order valence-corrected chi connectivity index (χ1v) is 9.86. The molecule has 0 radical (unpaired) electrons. The van der Waals surface area contributed by atoms with Gasteiger partial charge in [0.25, 0.3) is 5.91 Å². The normalized spacial score (nSPS) is 18.4. The Kier molecular flexibility index (Phi) is 6.16. The molecule has 2 nitrogen and oxygen atoms in total. The maximum absolute atomic E-state index is 13.1. The second-order valence-electron chi connectivity index (χ2n) is 6.65. The highest BCUT2D eigenvalue weighted by Crippen LogP contribution is 2.37. The highest BCUT2D eigenvalue weighted by molar-refractivity contribution is 7.99. The summed E-state index contributed by atoms with van der Waals surface area (Å²) in [5.74, 6) is -0.285. The highest BCUT2D eigenvalue weighted by Gasteiger charge is 2.38. The van der Waals surface area contributed by atoms with Crippen molar-refractivity contribution in [2.75, 3.05) is 18.8 Å². The Balaban J connectivity index is 1.84. The molecule has 3 rings (SSSR count). The van der Waals surface area contributed by atoms with Crippen molar-refractivity contribution in [1.82, 2.24) is 4.90 Å². The summed E-state index contributed by atoms with van der Waals surface area (Å²) in [5.41, 5.74) is -2.50. The van der Waals surface area contributed by atoms with Crippen molar-refractivity contribution in [3.8, 4) is 0 Å². The quantitative estimate of drug-likeness (QED) is 0.538. The third-order valence-electron chi connectivity index (χ3n) is 4.63. The molecule has 156 valence electrons. The average molecular weight is 433 g/mol. The van der Waals surface area contributed by atoms with Crippen LogP contribution < -0.4 is 0 Å². The van der Waals surface area contributed by atoms with E-state index in [-0.39, 0.29) is 24.4 Å². The first kappa shape index (κ1) is 21.5. The van der Waals surface area contributed by atoms with Crippen LogP contribution in [0, 0.1) is 0 Å². The van der Waals surface area contributed by atoms with Crippen LogP contribution in [-0.2, 0) is 12.4 Å². The average Bonchev–Trinajstić information content (AvgIpc) is 2.92. The first-order valence-electron chi connectivity index (χ1n) is 8.81. The molecule has 1 unspecified atom stereocenters. The molecule has 0 spiro atoms. The standard InChI is InChI=1S/C20H17F6NOS/c21-19(22,23)15-10-14(11-16(12-15)20(24,25)26)18(28)27-7-6-17(29-9-8-27)13-4-2-1-3-5-13/h1-5,10-12,17H,6-9H2. The lowest BCUT2D eigenvalue weighted by Crippen LogP contribution is -2.33. The predicted octanol–water partition coefficient (Wildman–Crippen LogP) is 6.04. The van der Waals surface area contributed by atoms with Gasteiger partial charge in [0.1, 0.15) is 0 Å². The summed E-state index contributed by atoms with van der Waals surface area (Å²) in [6.45, 7) is 0.507. The Hall–Kier alpha value is -2.16. The zero-order valence-electron chi connectivity index (χ0n) is 15.1. The number of carbonyl (C=O) groups is 1. The van der Waals surface area contributed by atoms with E-state index in [1.54, 1.807) is 11.8 Å². The third-order valence-corrected chi connectivity index (χ3v) is 5.96. The number of carbonyl (C=O) groups excluding carboxylic acids is 1. The minimum atomic E-state index is -4.98. The first-order chi connectivity index (χ1) is 13.6. The monoisotopic (exact) mass is 433 g/mol. The van der Waals surface area contributed by atoms with Gasteiger partial charge in [-0.2, -0.15) is 38.1 Å². The zero-order valence-corrected chi connectivity index (χ0v) is 15.9. The van der Waals surface area contributed by atoms with E-state index < -0.39 is 35.0 Å². The van der Waals surface area contributed by atoms with Crippen LogP contribution >= 0.6 is 11.8 Å². The molecule has 0 aromatic heterocycles. The van der Waals surface area contributed by atoms with Gasteiger partial charge in [-0.15, -0.1) is 0 Å². The molecular formula is C20H17F6NOS. The molecule has 1 fully saturated rings.